The lowest BCUT2D eigenvalue weighted by Crippen LogP contribution is -1.95. The average Bonchev–Trinajstić information content (AvgIpc) is 2.45. The maximum Gasteiger partial charge on any atom is 0.292 e. The highest BCUT2D eigenvalue weighted by Gasteiger charge is 2.07. The molecule has 4 nitrogen and oxygen atoms in total. The van der Waals surface area contributed by atoms with Crippen molar-refractivity contribution < 1.29 is 9.47 Å². The van der Waals surface area contributed by atoms with E-state index in [2.05, 4.69) is 17.9 Å². The lowest BCUT2D eigenvalue weighted by Gasteiger charge is -2.12. The lowest BCUT2D eigenvalue weighted by molar-refractivity contribution is 0.395. The van der Waals surface area contributed by atoms with E-state index in [-0.39, 0.29) is 11.7 Å². The monoisotopic (exact) mass is 266 g/mol. The molecule has 0 aliphatic rings. The second-order valence-electron chi connectivity index (χ2n) is 4.05. The summed E-state index contributed by atoms with van der Waals surface area (Å²) in [7, 11) is 0. The number of nitrogens with zero attached hydrogens (tertiary/aromatic N) is 2. The molecule has 20 heavy (non-hydrogen) atoms. The summed E-state index contributed by atoms with van der Waals surface area (Å²) < 4.78 is 9.27. The van der Waals surface area contributed by atoms with E-state index in [9.17, 15) is 0 Å². The van der Waals surface area contributed by atoms with E-state index in [1.807, 2.05) is 19.1 Å². The number of benzene rings is 1. The first-order chi connectivity index (χ1) is 9.58. The molecule has 1 aromatic rings. The van der Waals surface area contributed by atoms with Crippen LogP contribution < -0.4 is 4.74 Å². The molecule has 0 amide bonds. The van der Waals surface area contributed by atoms with Gasteiger partial charge in [-0.1, -0.05) is 38.3 Å². The molecular formula is C16H14N2O2. The molecule has 0 aliphatic carbocycles. The Hall–Kier alpha value is -2.98. The van der Waals surface area contributed by atoms with Gasteiger partial charge in [0.1, 0.15) is 11.5 Å². The number of nitriles is 2. The molecule has 4 heteroatoms. The third kappa shape index (κ3) is 4.36. The summed E-state index contributed by atoms with van der Waals surface area (Å²) in [5.74, 6) is 0.844. The van der Waals surface area contributed by atoms with Gasteiger partial charge in [-0.05, 0) is 29.3 Å². The Morgan fingerprint density at radius 3 is 2.35 bits per heavy atom. The van der Waals surface area contributed by atoms with E-state index < -0.39 is 0 Å². The van der Waals surface area contributed by atoms with Gasteiger partial charge < -0.3 is 9.47 Å². The Labute approximate surface area is 118 Å². The van der Waals surface area contributed by atoms with E-state index in [4.69, 9.17) is 15.3 Å². The molecule has 1 aromatic carbocycles. The minimum Gasteiger partial charge on any atom is -0.389 e. The van der Waals surface area contributed by atoms with Gasteiger partial charge in [0.25, 0.3) is 12.5 Å². The molecule has 0 radical (unpaired) electrons. The van der Waals surface area contributed by atoms with Crippen LogP contribution in [-0.2, 0) is 4.74 Å². The smallest absolute Gasteiger partial charge is 0.292 e. The van der Waals surface area contributed by atoms with Crippen LogP contribution in [0.15, 0.2) is 60.9 Å². The lowest BCUT2D eigenvalue weighted by atomic mass is 9.93. The number of ether oxygens (including phenoxy) is 2. The number of hydrogen-bond donors (Lipinski definition) is 0. The first kappa shape index (κ1) is 15.1. The zero-order chi connectivity index (χ0) is 15.0. The largest absolute Gasteiger partial charge is 0.389 e. The first-order valence-electron chi connectivity index (χ1n) is 5.86. The van der Waals surface area contributed by atoms with Crippen LogP contribution in [0.1, 0.15) is 18.4 Å². The van der Waals surface area contributed by atoms with Gasteiger partial charge in [0.05, 0.1) is 0 Å². The second-order valence-corrected chi connectivity index (χ2v) is 4.05. The number of allylic oxidation sites excluding steroid dienone is 3. The maximum absolute atomic E-state index is 8.41. The molecular weight excluding hydrogens is 252 g/mol. The molecule has 0 saturated heterocycles. The fourth-order valence-electron chi connectivity index (χ4n) is 1.53. The molecule has 0 saturated carbocycles. The molecule has 0 fully saturated rings. The van der Waals surface area contributed by atoms with Gasteiger partial charge in [-0.3, -0.25) is 0 Å². The Morgan fingerprint density at radius 2 is 1.80 bits per heavy atom. The third-order valence-corrected chi connectivity index (χ3v) is 2.76. The van der Waals surface area contributed by atoms with Crippen molar-refractivity contribution in [2.45, 2.75) is 12.8 Å². The zero-order valence-corrected chi connectivity index (χ0v) is 11.2. The van der Waals surface area contributed by atoms with E-state index >= 15 is 0 Å². The predicted octanol–water partition coefficient (Wildman–Crippen LogP) is 3.77. The predicted molar refractivity (Wildman–Crippen MR) is 75.2 cm³/mol. The van der Waals surface area contributed by atoms with Gasteiger partial charge in [0, 0.05) is 5.92 Å². The topological polar surface area (TPSA) is 66.0 Å². The van der Waals surface area contributed by atoms with Crippen LogP contribution in [0.3, 0.4) is 0 Å². The molecule has 1 rings (SSSR count). The van der Waals surface area contributed by atoms with Crippen molar-refractivity contribution in [1.29, 1.82) is 10.5 Å². The third-order valence-electron chi connectivity index (χ3n) is 2.76. The Kier molecular flexibility index (Phi) is 5.62. The van der Waals surface area contributed by atoms with Gasteiger partial charge in [0.2, 0.25) is 0 Å². The van der Waals surface area contributed by atoms with Crippen molar-refractivity contribution >= 4 is 0 Å². The quantitative estimate of drug-likeness (QED) is 0.446. The van der Waals surface area contributed by atoms with Crippen LogP contribution in [0.25, 0.3) is 0 Å². The van der Waals surface area contributed by atoms with Gasteiger partial charge in [0.15, 0.2) is 0 Å². The standard InChI is InChI=1S/C16H14N2O2/c1-12(4-5-13(2)19-10-17)14(3)15-6-8-16(9-7-15)20-11-18/h4-9,14H,1-2H2,3H3/b5-4-. The highest BCUT2D eigenvalue weighted by molar-refractivity contribution is 5.37. The maximum atomic E-state index is 8.41. The number of rotatable bonds is 6. The SMILES string of the molecule is C=C(/C=C\C(=C)C(C)c1ccc(OC#N)cc1)OC#N. The van der Waals surface area contributed by atoms with Crippen LogP contribution in [0.2, 0.25) is 0 Å². The van der Waals surface area contributed by atoms with Crippen LogP contribution in [0, 0.1) is 23.0 Å². The van der Waals surface area contributed by atoms with Crippen LogP contribution in [0.5, 0.6) is 5.75 Å². The summed E-state index contributed by atoms with van der Waals surface area (Å²) in [6.45, 7) is 9.53. The minimum absolute atomic E-state index is 0.0808. The fourth-order valence-corrected chi connectivity index (χ4v) is 1.53. The Morgan fingerprint density at radius 1 is 1.15 bits per heavy atom. The van der Waals surface area contributed by atoms with Crippen molar-refractivity contribution in [2.75, 3.05) is 0 Å². The molecule has 0 spiro atoms. The van der Waals surface area contributed by atoms with Crippen LogP contribution in [-0.4, -0.2) is 0 Å². The molecule has 1 atom stereocenters. The first-order valence-corrected chi connectivity index (χ1v) is 5.86. The fraction of sp³-hybridized carbons (Fsp3) is 0.125. The molecule has 0 aromatic heterocycles. The van der Waals surface area contributed by atoms with Crippen molar-refractivity contribution in [3.63, 3.8) is 0 Å². The summed E-state index contributed by atoms with van der Waals surface area (Å²) in [6.07, 6.45) is 6.52. The summed E-state index contributed by atoms with van der Waals surface area (Å²) >= 11 is 0. The summed E-state index contributed by atoms with van der Waals surface area (Å²) in [5.41, 5.74) is 1.89. The van der Waals surface area contributed by atoms with E-state index in [1.54, 1.807) is 36.8 Å². The summed E-state index contributed by atoms with van der Waals surface area (Å²) in [6, 6.07) is 7.20. The summed E-state index contributed by atoms with van der Waals surface area (Å²) in [4.78, 5) is 0. The Bertz CT molecular complexity index is 601. The highest BCUT2D eigenvalue weighted by atomic mass is 16.5. The van der Waals surface area contributed by atoms with Gasteiger partial charge >= 0.3 is 0 Å². The molecule has 1 unspecified atom stereocenters. The Balaban J connectivity index is 2.72. The van der Waals surface area contributed by atoms with Crippen molar-refractivity contribution in [3.8, 4) is 18.3 Å². The van der Waals surface area contributed by atoms with Gasteiger partial charge in [-0.2, -0.15) is 0 Å². The van der Waals surface area contributed by atoms with Crippen molar-refractivity contribution in [3.05, 3.63) is 66.5 Å². The molecule has 0 bridgehead atoms. The minimum atomic E-state index is 0.0808. The molecule has 0 N–H and O–H groups in total. The number of hydrogen-bond acceptors (Lipinski definition) is 4. The average molecular weight is 266 g/mol. The van der Waals surface area contributed by atoms with E-state index in [0.29, 0.717) is 5.75 Å². The second kappa shape index (κ2) is 7.45. The molecule has 100 valence electrons. The van der Waals surface area contributed by atoms with Gasteiger partial charge in [-0.25, -0.2) is 0 Å². The van der Waals surface area contributed by atoms with Crippen molar-refractivity contribution in [2.24, 2.45) is 0 Å². The van der Waals surface area contributed by atoms with E-state index in [1.165, 1.54) is 0 Å². The van der Waals surface area contributed by atoms with E-state index in [0.717, 1.165) is 11.1 Å². The van der Waals surface area contributed by atoms with Crippen LogP contribution in [0.4, 0.5) is 0 Å². The highest BCUT2D eigenvalue weighted by Crippen LogP contribution is 2.25. The molecule has 0 heterocycles. The van der Waals surface area contributed by atoms with Gasteiger partial charge in [-0.15, -0.1) is 10.5 Å². The molecule has 0 aliphatic heterocycles. The normalized spacial score (nSPS) is 11.2. The van der Waals surface area contributed by atoms with Crippen LogP contribution >= 0.6 is 0 Å². The summed E-state index contributed by atoms with van der Waals surface area (Å²) in [5, 5.41) is 16.7. The zero-order valence-electron chi connectivity index (χ0n) is 11.2. The van der Waals surface area contributed by atoms with Crippen molar-refractivity contribution in [1.82, 2.24) is 0 Å².